The van der Waals surface area contributed by atoms with Gasteiger partial charge in [0.25, 0.3) is 10.4 Å². The van der Waals surface area contributed by atoms with Crippen molar-refractivity contribution in [1.29, 1.82) is 0 Å². The second-order valence-corrected chi connectivity index (χ2v) is 19.7. The molecule has 4 aromatic heterocycles. The topological polar surface area (TPSA) is 232 Å². The van der Waals surface area contributed by atoms with Crippen molar-refractivity contribution in [3.8, 4) is 44.5 Å². The summed E-state index contributed by atoms with van der Waals surface area (Å²) in [7, 11) is -5.57. The summed E-state index contributed by atoms with van der Waals surface area (Å²) in [5, 5.41) is 21.4. The van der Waals surface area contributed by atoms with E-state index in [0.717, 1.165) is 22.7 Å². The number of hydrogen-bond donors (Lipinski definition) is 2. The lowest BCUT2D eigenvalue weighted by Gasteiger charge is -2.07. The molecule has 4 heterocycles. The zero-order valence-corrected chi connectivity index (χ0v) is 45.1. The Hall–Kier alpha value is -8.40. The van der Waals surface area contributed by atoms with Gasteiger partial charge in [-0.2, -0.15) is 0 Å². The van der Waals surface area contributed by atoms with Crippen molar-refractivity contribution in [2.45, 2.75) is 65.2 Å². The molecule has 7 aromatic rings. The first-order valence-corrected chi connectivity index (χ1v) is 26.1. The van der Waals surface area contributed by atoms with Crippen molar-refractivity contribution >= 4 is 74.3 Å². The number of ether oxygens (including phenoxy) is 4. The van der Waals surface area contributed by atoms with Gasteiger partial charge < -0.3 is 38.0 Å². The third kappa shape index (κ3) is 17.8. The first-order valence-electron chi connectivity index (χ1n) is 26.7. The molecule has 0 bridgehead atoms. The molecule has 79 heavy (non-hydrogen) atoms. The van der Waals surface area contributed by atoms with E-state index in [2.05, 4.69) is 35.4 Å². The van der Waals surface area contributed by atoms with Gasteiger partial charge in [0.1, 0.15) is 57.3 Å². The number of Topliss-reactive ketones (excluding diaryl/α,β-unsaturated/α-hetero) is 2. The van der Waals surface area contributed by atoms with E-state index in [0.29, 0.717) is 58.1 Å². The van der Waals surface area contributed by atoms with E-state index in [1.54, 1.807) is 30.4 Å². The molecule has 0 amide bonds. The molecule has 7 rings (SSSR count). The van der Waals surface area contributed by atoms with Gasteiger partial charge in [-0.1, -0.05) is 77.3 Å². The fourth-order valence-electron chi connectivity index (χ4n) is 7.06. The van der Waals surface area contributed by atoms with Crippen LogP contribution < -0.4 is 20.7 Å². The highest BCUT2D eigenvalue weighted by molar-refractivity contribution is 9.10. The van der Waals surface area contributed by atoms with E-state index >= 15 is 0 Å². The second kappa shape index (κ2) is 29.4. The van der Waals surface area contributed by atoms with Crippen LogP contribution in [0.4, 0.5) is 8.78 Å². The first kappa shape index (κ1) is 51.4. The number of unbranched alkanes of at least 4 members (excludes halogenated alkanes) is 2. The van der Waals surface area contributed by atoms with Gasteiger partial charge in [-0.05, 0) is 121 Å². The summed E-state index contributed by atoms with van der Waals surface area (Å²) in [4.78, 5) is 83.2. The number of halogens is 3. The molecular weight excluding hydrogens is 1130 g/mol. The van der Waals surface area contributed by atoms with Gasteiger partial charge >= 0.3 is 23.2 Å². The van der Waals surface area contributed by atoms with E-state index in [1.807, 2.05) is 18.2 Å². The normalized spacial score (nSPS) is 13.0. The fraction of sp³-hybridized carbons (Fsp3) is 0.207. The molecule has 0 aliphatic carbocycles. The van der Waals surface area contributed by atoms with Crippen molar-refractivity contribution in [2.75, 3.05) is 14.1 Å². The van der Waals surface area contributed by atoms with Crippen molar-refractivity contribution < 1.29 is 74.2 Å². The van der Waals surface area contributed by atoms with Crippen LogP contribution in [0.15, 0.2) is 150 Å². The van der Waals surface area contributed by atoms with E-state index < -0.39 is 83.1 Å². The first-order chi connectivity index (χ1) is 40.2. The van der Waals surface area contributed by atoms with Gasteiger partial charge in [0, 0.05) is 42.9 Å². The lowest BCUT2D eigenvalue weighted by molar-refractivity contribution is -0.140. The number of benzene rings is 3. The SMILES string of the molecule is [2H]C([2H])([2H])OC(=O)C/C=C/CCCc1cc(O)c(C(=O)/C(C)=C/c2cnc(Oc3ccc(F)c(-c4ccccc4)c3)s2)c(=O)o1.[2H]C([2H])([2H])OC(=O)C/C=C/CCCc1cc(O)c(C(=O)/C(C)=C/c2cnc(Oc3ccc(F)c(Br)c3)s2)c(=O)o1. The summed E-state index contributed by atoms with van der Waals surface area (Å²) in [6, 6.07) is 20.0. The van der Waals surface area contributed by atoms with Crippen LogP contribution in [-0.4, -0.2) is 57.8 Å². The van der Waals surface area contributed by atoms with Crippen molar-refractivity contribution in [1.82, 2.24) is 9.97 Å². The highest BCUT2D eigenvalue weighted by atomic mass is 79.9. The lowest BCUT2D eigenvalue weighted by Crippen LogP contribution is -2.16. The molecule has 0 fully saturated rings. The molecule has 16 nitrogen and oxygen atoms in total. The standard InChI is InChI=1S/C32H28FNO7S.C26H23BrFNO7S/c1-20(30(37)29-27(35)18-22(40-31(29)38)12-8-3-4-9-13-28(36)39-2)16-24-19-34-32(42-24)41-23-14-15-26(33)25(17-23)21-10-6-5-7-11-21;1-15(11-18-14-29-26(37-18)36-17-9-10-20(28)19(27)12-17)24(32)23-21(30)13-16(35-25(23)33)7-5-3-4-6-8-22(31)34-2/h4-7,9-11,14-19,35H,3,8,12-13H2,1-2H3;4,6,9-14,30H,3,5,7-8H2,1-2H3/b9-4+,20-16+;6-4+,15-11+/i2*2D3. The van der Waals surface area contributed by atoms with Crippen LogP contribution in [0, 0.1) is 11.6 Å². The smallest absolute Gasteiger partial charge is 0.351 e. The summed E-state index contributed by atoms with van der Waals surface area (Å²) in [6.07, 6.45) is 14.3. The van der Waals surface area contributed by atoms with Crippen LogP contribution in [0.25, 0.3) is 23.3 Å². The second-order valence-electron chi connectivity index (χ2n) is 16.8. The molecule has 0 aliphatic rings. The predicted octanol–water partition coefficient (Wildman–Crippen LogP) is 13.4. The number of hydrogen-bond acceptors (Lipinski definition) is 18. The van der Waals surface area contributed by atoms with Crippen molar-refractivity contribution in [2.24, 2.45) is 0 Å². The van der Waals surface area contributed by atoms with Crippen LogP contribution in [0.2, 0.25) is 0 Å². The molecule has 2 N–H and O–H groups in total. The molecule has 3 aromatic carbocycles. The van der Waals surface area contributed by atoms with Crippen LogP contribution in [0.3, 0.4) is 0 Å². The number of methoxy groups -OCH3 is 2. The molecular formula is C58H51BrF2N2O14S2. The predicted molar refractivity (Wildman–Crippen MR) is 297 cm³/mol. The lowest BCUT2D eigenvalue weighted by atomic mass is 10.0. The zero-order valence-electron chi connectivity index (χ0n) is 47.9. The molecule has 0 saturated heterocycles. The zero-order chi connectivity index (χ0) is 62.0. The molecule has 0 atom stereocenters. The van der Waals surface area contributed by atoms with E-state index in [1.165, 1.54) is 93.0 Å². The molecule has 0 unspecified atom stereocenters. The largest absolute Gasteiger partial charge is 0.507 e. The van der Waals surface area contributed by atoms with Gasteiger partial charge in [-0.3, -0.25) is 19.2 Å². The van der Waals surface area contributed by atoms with Crippen molar-refractivity contribution in [3.63, 3.8) is 0 Å². The Morgan fingerprint density at radius 1 is 0.658 bits per heavy atom. The van der Waals surface area contributed by atoms with Crippen LogP contribution in [0.1, 0.15) is 103 Å². The number of aromatic nitrogens is 2. The fourth-order valence-corrected chi connectivity index (χ4v) is 8.99. The average molecular weight is 1190 g/mol. The Balaban J connectivity index is 0.000000274. The minimum atomic E-state index is -2.79. The van der Waals surface area contributed by atoms with E-state index in [9.17, 15) is 47.8 Å². The number of aryl methyl sites for hydroxylation is 2. The average Bonchev–Trinajstić information content (AvgIpc) is 4.07. The number of carbonyl (C=O) groups excluding carboxylic acids is 4. The summed E-state index contributed by atoms with van der Waals surface area (Å²) in [5.41, 5.74) is -1.59. The maximum atomic E-state index is 14.4. The Bertz CT molecular complexity index is 3800. The summed E-state index contributed by atoms with van der Waals surface area (Å²) >= 11 is 5.32. The van der Waals surface area contributed by atoms with Gasteiger partial charge in [-0.25, -0.2) is 28.3 Å². The number of carbonyl (C=O) groups is 4. The summed E-state index contributed by atoms with van der Waals surface area (Å²) in [6.45, 7) is 2.97. The Kier molecular flexibility index (Phi) is 19.1. The molecule has 410 valence electrons. The number of esters is 2. The number of rotatable bonds is 23. The highest BCUT2D eigenvalue weighted by Crippen LogP contribution is 2.34. The third-order valence-electron chi connectivity index (χ3n) is 10.9. The van der Waals surface area contributed by atoms with Crippen LogP contribution >= 0.6 is 38.6 Å². The molecule has 21 heteroatoms. The minimum absolute atomic E-state index is 0.149. The number of thiazole rings is 2. The van der Waals surface area contributed by atoms with Crippen molar-refractivity contribution in [3.05, 3.63) is 196 Å². The maximum Gasteiger partial charge on any atom is 0.351 e. The Morgan fingerprint density at radius 3 is 1.58 bits per heavy atom. The minimum Gasteiger partial charge on any atom is -0.507 e. The summed E-state index contributed by atoms with van der Waals surface area (Å²) in [5.74, 6) is -3.96. The third-order valence-corrected chi connectivity index (χ3v) is 13.2. The Labute approximate surface area is 476 Å². The molecule has 0 saturated carbocycles. The molecule has 0 spiro atoms. The quantitative estimate of drug-likeness (QED) is 0.0199. The number of aromatic hydroxyl groups is 2. The van der Waals surface area contributed by atoms with Crippen LogP contribution in [0.5, 0.6) is 33.4 Å². The van der Waals surface area contributed by atoms with Gasteiger partial charge in [0.15, 0.2) is 11.6 Å². The van der Waals surface area contributed by atoms with E-state index in [4.69, 9.17) is 26.5 Å². The highest BCUT2D eigenvalue weighted by Gasteiger charge is 2.23. The maximum absolute atomic E-state index is 14.4. The van der Waals surface area contributed by atoms with Gasteiger partial charge in [0.2, 0.25) is 0 Å². The number of nitrogens with zero attached hydrogens (tertiary/aromatic N) is 2. The monoisotopic (exact) mass is 1190 g/mol. The number of ketones is 2. The van der Waals surface area contributed by atoms with Gasteiger partial charge in [0.05, 0.1) is 49.4 Å². The Morgan fingerprint density at radius 2 is 1.13 bits per heavy atom. The molecule has 0 radical (unpaired) electrons. The van der Waals surface area contributed by atoms with Gasteiger partial charge in [-0.15, -0.1) is 0 Å². The summed E-state index contributed by atoms with van der Waals surface area (Å²) < 4.78 is 99.7. The van der Waals surface area contributed by atoms with Crippen LogP contribution in [-0.2, 0) is 31.9 Å². The molecule has 0 aliphatic heterocycles. The number of allylic oxidation sites excluding steroid dienone is 4. The van der Waals surface area contributed by atoms with E-state index in [-0.39, 0.29) is 63.2 Å².